The van der Waals surface area contributed by atoms with Gasteiger partial charge in [0.05, 0.1) is 6.54 Å². The van der Waals surface area contributed by atoms with Crippen molar-refractivity contribution in [1.82, 2.24) is 35.9 Å². The zero-order chi connectivity index (χ0) is 19.1. The van der Waals surface area contributed by atoms with Crippen molar-refractivity contribution in [3.8, 4) is 11.4 Å². The van der Waals surface area contributed by atoms with Gasteiger partial charge < -0.3 is 19.7 Å². The van der Waals surface area contributed by atoms with Crippen molar-refractivity contribution in [3.05, 3.63) is 42.1 Å². The molecule has 0 aliphatic rings. The Kier molecular flexibility index (Phi) is 5.82. The molecule has 11 nitrogen and oxygen atoms in total. The van der Waals surface area contributed by atoms with Crippen LogP contribution in [0.15, 0.2) is 33.6 Å². The topological polar surface area (TPSA) is 149 Å². The maximum atomic E-state index is 11.9. The van der Waals surface area contributed by atoms with E-state index in [-0.39, 0.29) is 30.6 Å². The van der Waals surface area contributed by atoms with E-state index in [0.717, 1.165) is 5.56 Å². The average molecular weight is 371 g/mol. The van der Waals surface area contributed by atoms with E-state index < -0.39 is 5.91 Å². The molecule has 0 aromatic carbocycles. The Labute approximate surface area is 153 Å². The number of hydrogen-bond donors (Lipinski definition) is 2. The lowest BCUT2D eigenvalue weighted by Gasteiger charge is -2.00. The van der Waals surface area contributed by atoms with Crippen LogP contribution in [0.3, 0.4) is 0 Å². The second-order valence-electron chi connectivity index (χ2n) is 5.47. The van der Waals surface area contributed by atoms with Gasteiger partial charge in [0.25, 0.3) is 11.7 Å². The van der Waals surface area contributed by atoms with Gasteiger partial charge in [-0.3, -0.25) is 14.6 Å². The second-order valence-corrected chi connectivity index (χ2v) is 5.47. The first-order valence-electron chi connectivity index (χ1n) is 8.20. The monoisotopic (exact) mass is 371 g/mol. The summed E-state index contributed by atoms with van der Waals surface area (Å²) in [5, 5.41) is 12.4. The van der Waals surface area contributed by atoms with Crippen LogP contribution in [0.25, 0.3) is 11.4 Å². The molecule has 0 aliphatic heterocycles. The van der Waals surface area contributed by atoms with E-state index in [4.69, 9.17) is 9.05 Å². The maximum absolute atomic E-state index is 11.9. The van der Waals surface area contributed by atoms with Gasteiger partial charge >= 0.3 is 0 Å². The summed E-state index contributed by atoms with van der Waals surface area (Å²) in [5.74, 6) is 0.372. The fourth-order valence-corrected chi connectivity index (χ4v) is 2.17. The van der Waals surface area contributed by atoms with Gasteiger partial charge in [-0.25, -0.2) is 0 Å². The molecule has 0 radical (unpaired) electrons. The summed E-state index contributed by atoms with van der Waals surface area (Å²) < 4.78 is 10.1. The van der Waals surface area contributed by atoms with E-state index in [2.05, 4.69) is 35.9 Å². The van der Waals surface area contributed by atoms with Gasteiger partial charge in [-0.1, -0.05) is 10.3 Å². The molecule has 3 aromatic heterocycles. The zero-order valence-electron chi connectivity index (χ0n) is 14.5. The number of pyridine rings is 1. The van der Waals surface area contributed by atoms with Gasteiger partial charge in [0.15, 0.2) is 0 Å². The van der Waals surface area contributed by atoms with Crippen LogP contribution >= 0.6 is 0 Å². The Morgan fingerprint density at radius 1 is 1.07 bits per heavy atom. The molecule has 11 heteroatoms. The summed E-state index contributed by atoms with van der Waals surface area (Å²) in [6.07, 6.45) is 4.58. The SMILES string of the molecule is CNC(=O)c1noc(CNC(=O)CCCc2nc(-c3ccncc3)no2)n1. The van der Waals surface area contributed by atoms with Crippen molar-refractivity contribution in [2.45, 2.75) is 25.8 Å². The number of hydrogen-bond acceptors (Lipinski definition) is 9. The first-order valence-corrected chi connectivity index (χ1v) is 8.20. The molecule has 0 atom stereocenters. The van der Waals surface area contributed by atoms with Gasteiger partial charge in [-0.05, 0) is 18.6 Å². The highest BCUT2D eigenvalue weighted by Crippen LogP contribution is 2.14. The first-order chi connectivity index (χ1) is 13.2. The number of nitrogens with zero attached hydrogens (tertiary/aromatic N) is 5. The van der Waals surface area contributed by atoms with E-state index >= 15 is 0 Å². The Morgan fingerprint density at radius 3 is 2.63 bits per heavy atom. The molecule has 0 aliphatic carbocycles. The minimum Gasteiger partial charge on any atom is -0.352 e. The van der Waals surface area contributed by atoms with E-state index in [1.54, 1.807) is 24.5 Å². The summed E-state index contributed by atoms with van der Waals surface area (Å²) in [7, 11) is 1.46. The fraction of sp³-hybridized carbons (Fsp3) is 0.312. The zero-order valence-corrected chi connectivity index (χ0v) is 14.5. The van der Waals surface area contributed by atoms with Gasteiger partial charge in [0, 0.05) is 37.8 Å². The number of carbonyl (C=O) groups excluding carboxylic acids is 2. The van der Waals surface area contributed by atoms with Crippen LogP contribution < -0.4 is 10.6 Å². The highest BCUT2D eigenvalue weighted by molar-refractivity contribution is 5.89. The van der Waals surface area contributed by atoms with Crippen molar-refractivity contribution in [1.29, 1.82) is 0 Å². The highest BCUT2D eigenvalue weighted by atomic mass is 16.5. The number of rotatable bonds is 8. The van der Waals surface area contributed by atoms with Crippen LogP contribution in [0.4, 0.5) is 0 Å². The molecule has 3 aromatic rings. The predicted octanol–water partition coefficient (Wildman–Crippen LogP) is 0.513. The van der Waals surface area contributed by atoms with Gasteiger partial charge in [-0.15, -0.1) is 0 Å². The van der Waals surface area contributed by atoms with Crippen molar-refractivity contribution in [2.75, 3.05) is 7.05 Å². The molecule has 0 unspecified atom stereocenters. The highest BCUT2D eigenvalue weighted by Gasteiger charge is 2.14. The Morgan fingerprint density at radius 2 is 1.85 bits per heavy atom. The molecule has 3 heterocycles. The minimum absolute atomic E-state index is 0.0512. The molecule has 27 heavy (non-hydrogen) atoms. The van der Waals surface area contributed by atoms with Gasteiger partial charge in [0.1, 0.15) is 0 Å². The predicted molar refractivity (Wildman–Crippen MR) is 90.0 cm³/mol. The lowest BCUT2D eigenvalue weighted by atomic mass is 10.2. The largest absolute Gasteiger partial charge is 0.352 e. The fourth-order valence-electron chi connectivity index (χ4n) is 2.17. The van der Waals surface area contributed by atoms with Crippen LogP contribution in [0.5, 0.6) is 0 Å². The number of aryl methyl sites for hydroxylation is 1. The standard InChI is InChI=1S/C16H17N7O4/c1-17-16(25)15-21-13(27-23-15)9-19-11(24)3-2-4-12-20-14(22-26-12)10-5-7-18-8-6-10/h5-8H,2-4,9H2,1H3,(H,17,25)(H,19,24). The van der Waals surface area contributed by atoms with Gasteiger partial charge in [0.2, 0.25) is 23.5 Å². The molecule has 0 spiro atoms. The maximum Gasteiger partial charge on any atom is 0.292 e. The molecular formula is C16H17N7O4. The van der Waals surface area contributed by atoms with Crippen LogP contribution in [0.2, 0.25) is 0 Å². The lowest BCUT2D eigenvalue weighted by molar-refractivity contribution is -0.121. The van der Waals surface area contributed by atoms with Crippen molar-refractivity contribution in [3.63, 3.8) is 0 Å². The molecule has 0 saturated carbocycles. The molecule has 3 rings (SSSR count). The second kappa shape index (κ2) is 8.65. The molecule has 0 bridgehead atoms. The smallest absolute Gasteiger partial charge is 0.292 e. The minimum atomic E-state index is -0.456. The molecule has 2 amide bonds. The molecular weight excluding hydrogens is 354 g/mol. The summed E-state index contributed by atoms with van der Waals surface area (Å²) in [4.78, 5) is 35.3. The van der Waals surface area contributed by atoms with E-state index in [1.807, 2.05) is 0 Å². The summed E-state index contributed by atoms with van der Waals surface area (Å²) in [5.41, 5.74) is 0.813. The summed E-state index contributed by atoms with van der Waals surface area (Å²) >= 11 is 0. The average Bonchev–Trinajstić information content (AvgIpc) is 3.36. The normalized spacial score (nSPS) is 10.6. The Hall–Kier alpha value is -3.63. The third-order valence-electron chi connectivity index (χ3n) is 3.54. The third-order valence-corrected chi connectivity index (χ3v) is 3.54. The van der Waals surface area contributed by atoms with E-state index in [9.17, 15) is 9.59 Å². The summed E-state index contributed by atoms with van der Waals surface area (Å²) in [6, 6.07) is 3.57. The van der Waals surface area contributed by atoms with Crippen molar-refractivity contribution < 1.29 is 18.6 Å². The van der Waals surface area contributed by atoms with Gasteiger partial charge in [-0.2, -0.15) is 9.97 Å². The molecule has 140 valence electrons. The van der Waals surface area contributed by atoms with Crippen LogP contribution in [0, 0.1) is 0 Å². The van der Waals surface area contributed by atoms with Crippen LogP contribution in [-0.2, 0) is 17.8 Å². The Balaban J connectivity index is 1.40. The lowest BCUT2D eigenvalue weighted by Crippen LogP contribution is -2.23. The number of amides is 2. The number of aromatic nitrogens is 5. The quantitative estimate of drug-likeness (QED) is 0.577. The van der Waals surface area contributed by atoms with E-state index in [1.165, 1.54) is 7.05 Å². The number of carbonyl (C=O) groups is 2. The number of nitrogens with one attached hydrogen (secondary N) is 2. The molecule has 0 fully saturated rings. The van der Waals surface area contributed by atoms with E-state index in [0.29, 0.717) is 24.6 Å². The Bertz CT molecular complexity index is 906. The van der Waals surface area contributed by atoms with Crippen molar-refractivity contribution >= 4 is 11.8 Å². The summed E-state index contributed by atoms with van der Waals surface area (Å²) in [6.45, 7) is 0.0512. The van der Waals surface area contributed by atoms with Crippen LogP contribution in [-0.4, -0.2) is 44.1 Å². The van der Waals surface area contributed by atoms with Crippen molar-refractivity contribution in [2.24, 2.45) is 0 Å². The third kappa shape index (κ3) is 4.93. The van der Waals surface area contributed by atoms with Crippen LogP contribution in [0.1, 0.15) is 35.2 Å². The molecule has 2 N–H and O–H groups in total. The molecule has 0 saturated heterocycles. The first kappa shape index (κ1) is 18.2.